The third kappa shape index (κ3) is 3.61. The van der Waals surface area contributed by atoms with Crippen LogP contribution in [0.5, 0.6) is 0 Å². The van der Waals surface area contributed by atoms with Gasteiger partial charge < -0.3 is 5.11 Å². The average Bonchev–Trinajstić information content (AvgIpc) is 2.46. The van der Waals surface area contributed by atoms with Crippen LogP contribution in [0.2, 0.25) is 5.02 Å². The van der Waals surface area contributed by atoms with E-state index in [-0.39, 0.29) is 5.56 Å². The maximum absolute atomic E-state index is 11.0. The number of hydrazone groups is 1. The molecule has 0 saturated heterocycles. The van der Waals surface area contributed by atoms with E-state index in [1.54, 1.807) is 0 Å². The van der Waals surface area contributed by atoms with Crippen LogP contribution in [0.25, 0.3) is 0 Å². The van der Waals surface area contributed by atoms with Crippen LogP contribution < -0.4 is 5.43 Å². The number of halogens is 1. The number of carbonyl (C=O) groups is 1. The molecule has 0 aliphatic heterocycles. The summed E-state index contributed by atoms with van der Waals surface area (Å²) < 4.78 is 0. The molecular weight excluding hydrogens is 288 g/mol. The second-order valence-electron chi connectivity index (χ2n) is 4.62. The molecule has 2 aromatic carbocycles. The van der Waals surface area contributed by atoms with Gasteiger partial charge in [-0.25, -0.2) is 4.79 Å². The molecule has 0 aromatic heterocycles. The molecule has 0 fully saturated rings. The van der Waals surface area contributed by atoms with Crippen LogP contribution >= 0.6 is 11.6 Å². The number of carboxylic acids is 1. The molecule has 21 heavy (non-hydrogen) atoms. The molecule has 4 nitrogen and oxygen atoms in total. The highest BCUT2D eigenvalue weighted by molar-refractivity contribution is 6.33. The van der Waals surface area contributed by atoms with Gasteiger partial charge in [0.05, 0.1) is 22.0 Å². The fourth-order valence-corrected chi connectivity index (χ4v) is 2.09. The van der Waals surface area contributed by atoms with Gasteiger partial charge in [0, 0.05) is 5.56 Å². The van der Waals surface area contributed by atoms with E-state index < -0.39 is 5.97 Å². The van der Waals surface area contributed by atoms with Crippen LogP contribution in [-0.4, -0.2) is 16.8 Å². The van der Waals surface area contributed by atoms with E-state index in [9.17, 15) is 4.79 Å². The van der Waals surface area contributed by atoms with Crippen molar-refractivity contribution in [3.05, 3.63) is 64.2 Å². The predicted octanol–water partition coefficient (Wildman–Crippen LogP) is 4.18. The third-order valence-electron chi connectivity index (χ3n) is 3.09. The van der Waals surface area contributed by atoms with E-state index in [2.05, 4.69) is 10.5 Å². The number of aromatic carboxylic acids is 1. The van der Waals surface area contributed by atoms with Gasteiger partial charge >= 0.3 is 5.97 Å². The molecule has 0 spiro atoms. The predicted molar refractivity (Wildman–Crippen MR) is 85.4 cm³/mol. The summed E-state index contributed by atoms with van der Waals surface area (Å²) in [6.07, 6.45) is 0. The molecule has 108 valence electrons. The van der Waals surface area contributed by atoms with Gasteiger partial charge in [0.1, 0.15) is 0 Å². The summed E-state index contributed by atoms with van der Waals surface area (Å²) in [5, 5.41) is 13.7. The lowest BCUT2D eigenvalue weighted by molar-refractivity contribution is 0.0697. The zero-order valence-electron chi connectivity index (χ0n) is 11.7. The SMILES string of the molecule is C/C(=N/Nc1cc(C(=O)O)ccc1Cl)c1ccccc1C. The van der Waals surface area contributed by atoms with Crippen LogP contribution in [0.1, 0.15) is 28.4 Å². The molecule has 2 aromatic rings. The number of rotatable bonds is 4. The number of carboxylic acid groups (broad SMARTS) is 1. The van der Waals surface area contributed by atoms with Gasteiger partial charge in [0.2, 0.25) is 0 Å². The molecule has 0 unspecified atom stereocenters. The first-order valence-electron chi connectivity index (χ1n) is 6.38. The number of anilines is 1. The van der Waals surface area contributed by atoms with Gasteiger partial charge in [-0.15, -0.1) is 0 Å². The summed E-state index contributed by atoms with van der Waals surface area (Å²) in [5.74, 6) is -1.01. The van der Waals surface area contributed by atoms with Crippen molar-refractivity contribution in [3.63, 3.8) is 0 Å². The first-order chi connectivity index (χ1) is 9.99. The van der Waals surface area contributed by atoms with Crippen molar-refractivity contribution >= 4 is 29.0 Å². The molecule has 0 saturated carbocycles. The minimum atomic E-state index is -1.01. The smallest absolute Gasteiger partial charge is 0.335 e. The maximum atomic E-state index is 11.0. The van der Waals surface area contributed by atoms with Crippen LogP contribution in [0.3, 0.4) is 0 Å². The number of hydrogen-bond acceptors (Lipinski definition) is 3. The lowest BCUT2D eigenvalue weighted by atomic mass is 10.1. The number of nitrogens with one attached hydrogen (secondary N) is 1. The van der Waals surface area contributed by atoms with Gasteiger partial charge in [-0.05, 0) is 37.6 Å². The number of aryl methyl sites for hydroxylation is 1. The van der Waals surface area contributed by atoms with Crippen LogP contribution in [-0.2, 0) is 0 Å². The molecule has 0 radical (unpaired) electrons. The quantitative estimate of drug-likeness (QED) is 0.658. The Morgan fingerprint density at radius 1 is 1.24 bits per heavy atom. The summed E-state index contributed by atoms with van der Waals surface area (Å²) in [6, 6.07) is 12.3. The zero-order chi connectivity index (χ0) is 15.4. The Balaban J connectivity index is 2.26. The van der Waals surface area contributed by atoms with Crippen molar-refractivity contribution in [1.82, 2.24) is 0 Å². The summed E-state index contributed by atoms with van der Waals surface area (Å²) >= 11 is 6.04. The maximum Gasteiger partial charge on any atom is 0.335 e. The lowest BCUT2D eigenvalue weighted by Gasteiger charge is -2.08. The van der Waals surface area contributed by atoms with Crippen molar-refractivity contribution in [1.29, 1.82) is 0 Å². The van der Waals surface area contributed by atoms with Crippen molar-refractivity contribution in [2.45, 2.75) is 13.8 Å². The van der Waals surface area contributed by atoms with Gasteiger partial charge in [0.25, 0.3) is 0 Å². The second-order valence-corrected chi connectivity index (χ2v) is 5.03. The molecule has 0 atom stereocenters. The molecule has 0 aliphatic rings. The summed E-state index contributed by atoms with van der Waals surface area (Å²) in [7, 11) is 0. The van der Waals surface area contributed by atoms with E-state index in [1.165, 1.54) is 18.2 Å². The second kappa shape index (κ2) is 6.41. The fraction of sp³-hybridized carbons (Fsp3) is 0.125. The normalized spacial score (nSPS) is 11.3. The topological polar surface area (TPSA) is 61.7 Å². The van der Waals surface area contributed by atoms with E-state index >= 15 is 0 Å². The van der Waals surface area contributed by atoms with E-state index in [0.717, 1.165) is 16.8 Å². The van der Waals surface area contributed by atoms with Gasteiger partial charge in [-0.3, -0.25) is 5.43 Å². The Hall–Kier alpha value is -2.33. The van der Waals surface area contributed by atoms with E-state index in [0.29, 0.717) is 10.7 Å². The Labute approximate surface area is 128 Å². The Morgan fingerprint density at radius 3 is 2.62 bits per heavy atom. The Kier molecular flexibility index (Phi) is 4.60. The molecule has 2 N–H and O–H groups in total. The monoisotopic (exact) mass is 302 g/mol. The van der Waals surface area contributed by atoms with E-state index in [1.807, 2.05) is 38.1 Å². The van der Waals surface area contributed by atoms with E-state index in [4.69, 9.17) is 16.7 Å². The fourth-order valence-electron chi connectivity index (χ4n) is 1.93. The average molecular weight is 303 g/mol. The standard InChI is InChI=1S/C16H15ClN2O2/c1-10-5-3-4-6-13(10)11(2)18-19-15-9-12(16(20)21)7-8-14(15)17/h3-9,19H,1-2H3,(H,20,21)/b18-11-. The summed E-state index contributed by atoms with van der Waals surface area (Å²) in [6.45, 7) is 3.89. The van der Waals surface area contributed by atoms with Crippen LogP contribution in [0, 0.1) is 6.92 Å². The lowest BCUT2D eigenvalue weighted by Crippen LogP contribution is -2.03. The van der Waals surface area contributed by atoms with Crippen LogP contribution in [0.15, 0.2) is 47.6 Å². The molecule has 0 aliphatic carbocycles. The minimum Gasteiger partial charge on any atom is -0.478 e. The molecule has 0 amide bonds. The molecule has 5 heteroatoms. The zero-order valence-corrected chi connectivity index (χ0v) is 12.5. The van der Waals surface area contributed by atoms with Crippen molar-refractivity contribution in [3.8, 4) is 0 Å². The van der Waals surface area contributed by atoms with Crippen molar-refractivity contribution < 1.29 is 9.90 Å². The summed E-state index contributed by atoms with van der Waals surface area (Å²) in [5.41, 5.74) is 6.38. The molecule has 2 rings (SSSR count). The minimum absolute atomic E-state index is 0.158. The van der Waals surface area contributed by atoms with Crippen LogP contribution in [0.4, 0.5) is 5.69 Å². The molecule has 0 heterocycles. The molecular formula is C16H15ClN2O2. The largest absolute Gasteiger partial charge is 0.478 e. The van der Waals surface area contributed by atoms with Gasteiger partial charge in [0.15, 0.2) is 0 Å². The summed E-state index contributed by atoms with van der Waals surface area (Å²) in [4.78, 5) is 11.0. The third-order valence-corrected chi connectivity index (χ3v) is 3.42. The van der Waals surface area contributed by atoms with Gasteiger partial charge in [-0.1, -0.05) is 35.9 Å². The Bertz CT molecular complexity index is 711. The number of benzene rings is 2. The van der Waals surface area contributed by atoms with Crippen molar-refractivity contribution in [2.75, 3.05) is 5.43 Å². The first-order valence-corrected chi connectivity index (χ1v) is 6.76. The number of nitrogens with zero attached hydrogens (tertiary/aromatic N) is 1. The highest BCUT2D eigenvalue weighted by Crippen LogP contribution is 2.23. The Morgan fingerprint density at radius 2 is 1.95 bits per heavy atom. The first kappa shape index (κ1) is 15.1. The highest BCUT2D eigenvalue weighted by Gasteiger charge is 2.07. The van der Waals surface area contributed by atoms with Crippen molar-refractivity contribution in [2.24, 2.45) is 5.10 Å². The molecule has 0 bridgehead atoms. The van der Waals surface area contributed by atoms with Gasteiger partial charge in [-0.2, -0.15) is 5.10 Å². The highest BCUT2D eigenvalue weighted by atomic mass is 35.5. The number of hydrogen-bond donors (Lipinski definition) is 2.